The SMILES string of the molecule is Cc1ccc(SCc2ncc(C(C)N)c(C)n2)cc1. The first-order valence-electron chi connectivity index (χ1n) is 6.33. The number of thioether (sulfide) groups is 1. The van der Waals surface area contributed by atoms with Gasteiger partial charge in [-0.2, -0.15) is 0 Å². The minimum absolute atomic E-state index is 0.0150. The second-order valence-corrected chi connectivity index (χ2v) is 5.77. The Hall–Kier alpha value is -1.39. The van der Waals surface area contributed by atoms with Crippen molar-refractivity contribution in [1.29, 1.82) is 0 Å². The number of aromatic nitrogens is 2. The first-order chi connectivity index (χ1) is 9.06. The molecule has 0 amide bonds. The number of benzene rings is 1. The second-order valence-electron chi connectivity index (χ2n) is 4.72. The van der Waals surface area contributed by atoms with E-state index in [1.807, 2.05) is 20.0 Å². The van der Waals surface area contributed by atoms with Crippen LogP contribution >= 0.6 is 11.8 Å². The summed E-state index contributed by atoms with van der Waals surface area (Å²) in [4.78, 5) is 10.1. The second kappa shape index (κ2) is 6.17. The normalized spacial score (nSPS) is 12.4. The maximum Gasteiger partial charge on any atom is 0.138 e. The molecule has 1 aromatic heterocycles. The first kappa shape index (κ1) is 14.0. The molecular formula is C15H19N3S. The van der Waals surface area contributed by atoms with Crippen LogP contribution in [-0.2, 0) is 5.75 Å². The van der Waals surface area contributed by atoms with E-state index in [2.05, 4.69) is 41.2 Å². The van der Waals surface area contributed by atoms with Crippen LogP contribution in [0, 0.1) is 13.8 Å². The minimum Gasteiger partial charge on any atom is -0.324 e. The summed E-state index contributed by atoms with van der Waals surface area (Å²) in [7, 11) is 0. The first-order valence-corrected chi connectivity index (χ1v) is 7.32. The van der Waals surface area contributed by atoms with Crippen molar-refractivity contribution in [1.82, 2.24) is 9.97 Å². The van der Waals surface area contributed by atoms with Gasteiger partial charge in [0.25, 0.3) is 0 Å². The Balaban J connectivity index is 2.04. The van der Waals surface area contributed by atoms with Gasteiger partial charge in [-0.05, 0) is 32.9 Å². The van der Waals surface area contributed by atoms with E-state index < -0.39 is 0 Å². The van der Waals surface area contributed by atoms with Gasteiger partial charge in [0.2, 0.25) is 0 Å². The summed E-state index contributed by atoms with van der Waals surface area (Å²) in [5.74, 6) is 1.64. The van der Waals surface area contributed by atoms with Crippen LogP contribution in [-0.4, -0.2) is 9.97 Å². The van der Waals surface area contributed by atoms with E-state index in [1.165, 1.54) is 10.5 Å². The highest BCUT2D eigenvalue weighted by atomic mass is 32.2. The predicted octanol–water partition coefficient (Wildman–Crippen LogP) is 3.41. The largest absolute Gasteiger partial charge is 0.324 e. The summed E-state index contributed by atoms with van der Waals surface area (Å²) in [6.07, 6.45) is 1.85. The lowest BCUT2D eigenvalue weighted by Gasteiger charge is -2.09. The lowest BCUT2D eigenvalue weighted by molar-refractivity contribution is 0.781. The number of nitrogens with two attached hydrogens (primary N) is 1. The van der Waals surface area contributed by atoms with Crippen molar-refractivity contribution in [2.24, 2.45) is 5.73 Å². The van der Waals surface area contributed by atoms with E-state index >= 15 is 0 Å². The third-order valence-corrected chi connectivity index (χ3v) is 3.95. The molecule has 100 valence electrons. The number of hydrogen-bond acceptors (Lipinski definition) is 4. The van der Waals surface area contributed by atoms with Gasteiger partial charge in [0.1, 0.15) is 5.82 Å². The maximum atomic E-state index is 5.86. The number of aryl methyl sites for hydroxylation is 2. The number of rotatable bonds is 4. The van der Waals surface area contributed by atoms with Gasteiger partial charge in [-0.3, -0.25) is 0 Å². The molecule has 0 fully saturated rings. The quantitative estimate of drug-likeness (QED) is 0.867. The van der Waals surface area contributed by atoms with Crippen molar-refractivity contribution in [3.63, 3.8) is 0 Å². The Morgan fingerprint density at radius 3 is 2.47 bits per heavy atom. The fourth-order valence-electron chi connectivity index (χ4n) is 1.82. The fraction of sp³-hybridized carbons (Fsp3) is 0.333. The molecule has 0 aliphatic heterocycles. The van der Waals surface area contributed by atoms with E-state index in [-0.39, 0.29) is 6.04 Å². The zero-order valence-corrected chi connectivity index (χ0v) is 12.4. The van der Waals surface area contributed by atoms with Crippen LogP contribution in [0.4, 0.5) is 0 Å². The van der Waals surface area contributed by atoms with Gasteiger partial charge in [-0.1, -0.05) is 17.7 Å². The van der Waals surface area contributed by atoms with Crippen LogP contribution in [0.3, 0.4) is 0 Å². The smallest absolute Gasteiger partial charge is 0.138 e. The van der Waals surface area contributed by atoms with E-state index in [0.29, 0.717) is 0 Å². The third-order valence-electron chi connectivity index (χ3n) is 2.95. The average molecular weight is 273 g/mol. The molecule has 3 nitrogen and oxygen atoms in total. The van der Waals surface area contributed by atoms with Crippen molar-refractivity contribution in [2.45, 2.75) is 37.5 Å². The van der Waals surface area contributed by atoms with Gasteiger partial charge in [-0.15, -0.1) is 11.8 Å². The van der Waals surface area contributed by atoms with Crippen molar-refractivity contribution in [3.05, 3.63) is 53.1 Å². The third kappa shape index (κ3) is 3.78. The summed E-state index contributed by atoms with van der Waals surface area (Å²) >= 11 is 1.75. The van der Waals surface area contributed by atoms with Crippen LogP contribution < -0.4 is 5.73 Å². The van der Waals surface area contributed by atoms with Gasteiger partial charge in [0.15, 0.2) is 0 Å². The predicted molar refractivity (Wildman–Crippen MR) is 80.1 cm³/mol. The van der Waals surface area contributed by atoms with Crippen LogP contribution in [0.1, 0.15) is 35.6 Å². The molecule has 1 heterocycles. The Bertz CT molecular complexity index is 550. The molecule has 4 heteroatoms. The molecule has 19 heavy (non-hydrogen) atoms. The van der Waals surface area contributed by atoms with Gasteiger partial charge in [-0.25, -0.2) is 9.97 Å². The highest BCUT2D eigenvalue weighted by Gasteiger charge is 2.07. The molecule has 1 atom stereocenters. The maximum absolute atomic E-state index is 5.86. The molecule has 0 bridgehead atoms. The molecule has 0 spiro atoms. The minimum atomic E-state index is -0.0150. The zero-order chi connectivity index (χ0) is 13.8. The summed E-state index contributed by atoms with van der Waals surface area (Å²) in [5.41, 5.74) is 9.13. The molecule has 0 aliphatic rings. The average Bonchev–Trinajstić information content (AvgIpc) is 2.37. The lowest BCUT2D eigenvalue weighted by Crippen LogP contribution is -2.10. The molecule has 1 unspecified atom stereocenters. The molecular weight excluding hydrogens is 254 g/mol. The van der Waals surface area contributed by atoms with Crippen LogP contribution in [0.2, 0.25) is 0 Å². The van der Waals surface area contributed by atoms with Crippen LogP contribution in [0.15, 0.2) is 35.4 Å². The lowest BCUT2D eigenvalue weighted by atomic mass is 10.1. The standard InChI is InChI=1S/C15H19N3S/c1-10-4-6-13(7-5-10)19-9-15-17-8-14(11(2)16)12(3)18-15/h4-8,11H,9,16H2,1-3H3. The fourth-order valence-corrected chi connectivity index (χ4v) is 2.59. The molecule has 0 radical (unpaired) electrons. The molecule has 2 aromatic rings. The molecule has 0 saturated carbocycles. The number of hydrogen-bond donors (Lipinski definition) is 1. The van der Waals surface area contributed by atoms with Crippen molar-refractivity contribution in [3.8, 4) is 0 Å². The van der Waals surface area contributed by atoms with Gasteiger partial charge < -0.3 is 5.73 Å². The number of nitrogens with zero attached hydrogens (tertiary/aromatic N) is 2. The Morgan fingerprint density at radius 1 is 1.21 bits per heavy atom. The van der Waals surface area contributed by atoms with Gasteiger partial charge in [0, 0.05) is 28.4 Å². The highest BCUT2D eigenvalue weighted by molar-refractivity contribution is 7.98. The summed E-state index contributed by atoms with van der Waals surface area (Å²) in [5, 5.41) is 0. The van der Waals surface area contributed by atoms with E-state index in [9.17, 15) is 0 Å². The zero-order valence-electron chi connectivity index (χ0n) is 11.6. The topological polar surface area (TPSA) is 51.8 Å². The molecule has 2 rings (SSSR count). The Labute approximate surface area is 118 Å². The van der Waals surface area contributed by atoms with E-state index in [4.69, 9.17) is 5.73 Å². The van der Waals surface area contributed by atoms with Crippen LogP contribution in [0.25, 0.3) is 0 Å². The van der Waals surface area contributed by atoms with Crippen molar-refractivity contribution < 1.29 is 0 Å². The molecule has 0 saturated heterocycles. The van der Waals surface area contributed by atoms with Gasteiger partial charge in [0.05, 0.1) is 5.75 Å². The molecule has 2 N–H and O–H groups in total. The monoisotopic (exact) mass is 273 g/mol. The molecule has 1 aromatic carbocycles. The van der Waals surface area contributed by atoms with E-state index in [0.717, 1.165) is 22.8 Å². The molecule has 0 aliphatic carbocycles. The Morgan fingerprint density at radius 2 is 1.89 bits per heavy atom. The van der Waals surface area contributed by atoms with Gasteiger partial charge >= 0.3 is 0 Å². The van der Waals surface area contributed by atoms with E-state index in [1.54, 1.807) is 11.8 Å². The van der Waals surface area contributed by atoms with Crippen molar-refractivity contribution in [2.75, 3.05) is 0 Å². The Kier molecular flexibility index (Phi) is 4.56. The summed E-state index contributed by atoms with van der Waals surface area (Å²) in [6, 6.07) is 8.48. The summed E-state index contributed by atoms with van der Waals surface area (Å²) in [6.45, 7) is 6.03. The summed E-state index contributed by atoms with van der Waals surface area (Å²) < 4.78 is 0. The highest BCUT2D eigenvalue weighted by Crippen LogP contribution is 2.22. The van der Waals surface area contributed by atoms with Crippen molar-refractivity contribution >= 4 is 11.8 Å². The van der Waals surface area contributed by atoms with Crippen LogP contribution in [0.5, 0.6) is 0 Å².